The first kappa shape index (κ1) is 13.0. The van der Waals surface area contributed by atoms with E-state index in [0.29, 0.717) is 15.9 Å². The lowest BCUT2D eigenvalue weighted by Gasteiger charge is -2.06. The van der Waals surface area contributed by atoms with E-state index < -0.39 is 5.91 Å². The van der Waals surface area contributed by atoms with E-state index in [1.54, 1.807) is 18.2 Å². The van der Waals surface area contributed by atoms with Gasteiger partial charge in [-0.15, -0.1) is 0 Å². The summed E-state index contributed by atoms with van der Waals surface area (Å²) in [7, 11) is 0. The fourth-order valence-electron chi connectivity index (χ4n) is 1.94. The van der Waals surface area contributed by atoms with Gasteiger partial charge in [0.05, 0.1) is 21.1 Å². The minimum atomic E-state index is -0.391. The number of rotatable bonds is 2. The first-order chi connectivity index (χ1) is 9.66. The van der Waals surface area contributed by atoms with E-state index in [9.17, 15) is 4.79 Å². The van der Waals surface area contributed by atoms with Gasteiger partial charge >= 0.3 is 0 Å². The SMILES string of the molecule is O=C(Nc1n[nH]c2ccccc12)c1c(Cl)cccc1Cl. The van der Waals surface area contributed by atoms with Crippen LogP contribution in [0, 0.1) is 0 Å². The Morgan fingerprint density at radius 2 is 1.75 bits per heavy atom. The van der Waals surface area contributed by atoms with Crippen LogP contribution in [0.15, 0.2) is 42.5 Å². The molecule has 100 valence electrons. The van der Waals surface area contributed by atoms with Crippen molar-refractivity contribution in [1.29, 1.82) is 0 Å². The third kappa shape index (κ3) is 2.24. The van der Waals surface area contributed by atoms with Crippen LogP contribution >= 0.6 is 23.2 Å². The van der Waals surface area contributed by atoms with Crippen LogP contribution in [0.1, 0.15) is 10.4 Å². The topological polar surface area (TPSA) is 57.8 Å². The van der Waals surface area contributed by atoms with E-state index >= 15 is 0 Å². The van der Waals surface area contributed by atoms with Gasteiger partial charge in [0, 0.05) is 5.39 Å². The molecule has 20 heavy (non-hydrogen) atoms. The summed E-state index contributed by atoms with van der Waals surface area (Å²) in [5.41, 5.74) is 1.08. The molecule has 0 fully saturated rings. The molecule has 0 saturated heterocycles. The number of hydrogen-bond acceptors (Lipinski definition) is 2. The van der Waals surface area contributed by atoms with Crippen LogP contribution in [0.4, 0.5) is 5.82 Å². The van der Waals surface area contributed by atoms with Gasteiger partial charge < -0.3 is 5.32 Å². The van der Waals surface area contributed by atoms with Crippen molar-refractivity contribution in [1.82, 2.24) is 10.2 Å². The first-order valence-corrected chi connectivity index (χ1v) is 6.61. The van der Waals surface area contributed by atoms with E-state index in [1.165, 1.54) is 0 Å². The summed E-state index contributed by atoms with van der Waals surface area (Å²) >= 11 is 12.0. The molecule has 0 aliphatic carbocycles. The number of aromatic nitrogens is 2. The fourth-order valence-corrected chi connectivity index (χ4v) is 2.51. The minimum Gasteiger partial charge on any atom is -0.304 e. The van der Waals surface area contributed by atoms with Crippen LogP contribution in [0.2, 0.25) is 10.0 Å². The maximum absolute atomic E-state index is 12.3. The fraction of sp³-hybridized carbons (Fsp3) is 0. The average molecular weight is 306 g/mol. The summed E-state index contributed by atoms with van der Waals surface area (Å²) in [4.78, 5) is 12.3. The summed E-state index contributed by atoms with van der Waals surface area (Å²) in [6.07, 6.45) is 0. The number of hydrogen-bond donors (Lipinski definition) is 2. The van der Waals surface area contributed by atoms with Crippen molar-refractivity contribution in [3.8, 4) is 0 Å². The van der Waals surface area contributed by atoms with E-state index in [0.717, 1.165) is 10.9 Å². The largest absolute Gasteiger partial charge is 0.304 e. The van der Waals surface area contributed by atoms with Gasteiger partial charge in [0.2, 0.25) is 0 Å². The monoisotopic (exact) mass is 305 g/mol. The van der Waals surface area contributed by atoms with Crippen LogP contribution in [0.5, 0.6) is 0 Å². The number of fused-ring (bicyclic) bond motifs is 1. The summed E-state index contributed by atoms with van der Waals surface area (Å²) in [6, 6.07) is 12.4. The number of carbonyl (C=O) groups is 1. The second kappa shape index (κ2) is 5.15. The highest BCUT2D eigenvalue weighted by Gasteiger charge is 2.16. The molecule has 2 N–H and O–H groups in total. The number of halogens is 2. The number of carbonyl (C=O) groups excluding carboxylic acids is 1. The number of nitrogens with zero attached hydrogens (tertiary/aromatic N) is 1. The maximum Gasteiger partial charge on any atom is 0.259 e. The Morgan fingerprint density at radius 1 is 1.05 bits per heavy atom. The zero-order valence-electron chi connectivity index (χ0n) is 10.2. The second-order valence-electron chi connectivity index (χ2n) is 4.17. The molecule has 6 heteroatoms. The molecular formula is C14H9Cl2N3O. The predicted molar refractivity (Wildman–Crippen MR) is 80.5 cm³/mol. The number of aromatic amines is 1. The van der Waals surface area contributed by atoms with Crippen molar-refractivity contribution in [2.45, 2.75) is 0 Å². The number of para-hydroxylation sites is 1. The summed E-state index contributed by atoms with van der Waals surface area (Å²) in [5.74, 6) is 0.0550. The average Bonchev–Trinajstić information content (AvgIpc) is 2.82. The minimum absolute atomic E-state index is 0.239. The molecule has 0 aliphatic rings. The van der Waals surface area contributed by atoms with Gasteiger partial charge in [0.15, 0.2) is 5.82 Å². The molecule has 0 spiro atoms. The molecule has 0 unspecified atom stereocenters. The van der Waals surface area contributed by atoms with Crippen molar-refractivity contribution in [3.05, 3.63) is 58.1 Å². The van der Waals surface area contributed by atoms with Crippen LogP contribution in [-0.2, 0) is 0 Å². The van der Waals surface area contributed by atoms with E-state index in [2.05, 4.69) is 15.5 Å². The van der Waals surface area contributed by atoms with E-state index in [1.807, 2.05) is 24.3 Å². The number of H-pyrrole nitrogens is 1. The smallest absolute Gasteiger partial charge is 0.259 e. The van der Waals surface area contributed by atoms with E-state index in [4.69, 9.17) is 23.2 Å². The molecule has 2 aromatic carbocycles. The molecule has 3 rings (SSSR count). The Bertz CT molecular complexity index is 778. The summed E-state index contributed by atoms with van der Waals surface area (Å²) in [5, 5.41) is 11.1. The second-order valence-corrected chi connectivity index (χ2v) is 4.98. The zero-order chi connectivity index (χ0) is 14.1. The van der Waals surface area contributed by atoms with Crippen molar-refractivity contribution in [3.63, 3.8) is 0 Å². The van der Waals surface area contributed by atoms with Crippen molar-refractivity contribution in [2.24, 2.45) is 0 Å². The lowest BCUT2D eigenvalue weighted by Crippen LogP contribution is -2.13. The molecule has 0 aliphatic heterocycles. The van der Waals surface area contributed by atoms with Crippen molar-refractivity contribution < 1.29 is 4.79 Å². The van der Waals surface area contributed by atoms with Gasteiger partial charge in [-0.1, -0.05) is 41.4 Å². The molecule has 0 radical (unpaired) electrons. The molecule has 4 nitrogen and oxygen atoms in total. The highest BCUT2D eigenvalue weighted by atomic mass is 35.5. The van der Waals surface area contributed by atoms with Gasteiger partial charge in [-0.3, -0.25) is 9.89 Å². The van der Waals surface area contributed by atoms with E-state index in [-0.39, 0.29) is 5.56 Å². The Balaban J connectivity index is 1.97. The number of benzene rings is 2. The Hall–Kier alpha value is -2.04. The van der Waals surface area contributed by atoms with Gasteiger partial charge in [0.25, 0.3) is 5.91 Å². The number of anilines is 1. The third-order valence-electron chi connectivity index (χ3n) is 2.89. The van der Waals surface area contributed by atoms with Crippen LogP contribution in [0.3, 0.4) is 0 Å². The molecule has 0 atom stereocenters. The summed E-state index contributed by atoms with van der Waals surface area (Å²) < 4.78 is 0. The Labute approximate surface area is 124 Å². The molecule has 1 amide bonds. The molecule has 3 aromatic rings. The molecule has 0 bridgehead atoms. The highest BCUT2D eigenvalue weighted by Crippen LogP contribution is 2.26. The third-order valence-corrected chi connectivity index (χ3v) is 3.52. The van der Waals surface area contributed by atoms with Crippen molar-refractivity contribution in [2.75, 3.05) is 5.32 Å². The molecular weight excluding hydrogens is 297 g/mol. The predicted octanol–water partition coefficient (Wildman–Crippen LogP) is 4.12. The number of nitrogens with one attached hydrogen (secondary N) is 2. The first-order valence-electron chi connectivity index (χ1n) is 5.85. The quantitative estimate of drug-likeness (QED) is 0.748. The molecule has 0 saturated carbocycles. The molecule has 1 heterocycles. The molecule has 1 aromatic heterocycles. The van der Waals surface area contributed by atoms with Gasteiger partial charge in [-0.25, -0.2) is 0 Å². The lowest BCUT2D eigenvalue weighted by molar-refractivity contribution is 0.102. The highest BCUT2D eigenvalue weighted by molar-refractivity contribution is 6.40. The van der Waals surface area contributed by atoms with Gasteiger partial charge in [-0.2, -0.15) is 5.10 Å². The maximum atomic E-state index is 12.3. The van der Waals surface area contributed by atoms with Crippen LogP contribution in [0.25, 0.3) is 10.9 Å². The van der Waals surface area contributed by atoms with Crippen LogP contribution < -0.4 is 5.32 Å². The van der Waals surface area contributed by atoms with Crippen LogP contribution in [-0.4, -0.2) is 16.1 Å². The van der Waals surface area contributed by atoms with Gasteiger partial charge in [0.1, 0.15) is 0 Å². The van der Waals surface area contributed by atoms with Crippen molar-refractivity contribution >= 4 is 45.8 Å². The lowest BCUT2D eigenvalue weighted by atomic mass is 10.2. The van der Waals surface area contributed by atoms with Gasteiger partial charge in [-0.05, 0) is 24.3 Å². The Morgan fingerprint density at radius 3 is 2.50 bits per heavy atom. The normalized spacial score (nSPS) is 10.7. The summed E-state index contributed by atoms with van der Waals surface area (Å²) in [6.45, 7) is 0. The zero-order valence-corrected chi connectivity index (χ0v) is 11.7. The standard InChI is InChI=1S/C14H9Cl2N3O/c15-9-5-3-6-10(16)12(9)14(20)17-13-8-4-1-2-7-11(8)18-19-13/h1-7H,(H2,17,18,19,20). The Kier molecular flexibility index (Phi) is 3.34. The number of amides is 1.